The van der Waals surface area contributed by atoms with E-state index in [1.165, 1.54) is 25.7 Å². The van der Waals surface area contributed by atoms with E-state index in [0.717, 1.165) is 18.3 Å². The Bertz CT molecular complexity index is 277. The number of fused-ring (bicyclic) bond motifs is 2. The Morgan fingerprint density at radius 1 is 1.31 bits per heavy atom. The van der Waals surface area contributed by atoms with Gasteiger partial charge in [0.05, 0.1) is 5.92 Å². The highest BCUT2D eigenvalue weighted by Gasteiger charge is 2.43. The van der Waals surface area contributed by atoms with Crippen molar-refractivity contribution in [2.45, 2.75) is 52.9 Å². The number of carboxylic acid groups (broad SMARTS) is 1. The number of carboxylic acids is 1. The lowest BCUT2D eigenvalue weighted by atomic mass is 9.72. The van der Waals surface area contributed by atoms with Crippen LogP contribution in [0.25, 0.3) is 0 Å². The van der Waals surface area contributed by atoms with E-state index < -0.39 is 5.97 Å². The molecule has 0 amide bonds. The summed E-state index contributed by atoms with van der Waals surface area (Å²) in [6.07, 6.45) is 6.33. The summed E-state index contributed by atoms with van der Waals surface area (Å²) in [5.74, 6) is 1.69. The van der Waals surface area contributed by atoms with Crippen LogP contribution in [-0.2, 0) is 4.79 Å². The van der Waals surface area contributed by atoms with Crippen LogP contribution in [0, 0.1) is 29.1 Å². The van der Waals surface area contributed by atoms with E-state index in [1.54, 1.807) is 0 Å². The van der Waals surface area contributed by atoms with Crippen LogP contribution in [0.3, 0.4) is 0 Å². The van der Waals surface area contributed by atoms with Crippen LogP contribution in [0.4, 0.5) is 0 Å². The molecule has 4 unspecified atom stereocenters. The summed E-state index contributed by atoms with van der Waals surface area (Å²) in [7, 11) is 0. The van der Waals surface area contributed by atoms with Crippen LogP contribution in [0.1, 0.15) is 52.9 Å². The minimum absolute atomic E-state index is 0.104. The van der Waals surface area contributed by atoms with E-state index >= 15 is 0 Å². The third-order valence-corrected chi connectivity index (χ3v) is 4.77. The van der Waals surface area contributed by atoms with Gasteiger partial charge in [0.2, 0.25) is 0 Å². The molecule has 2 saturated carbocycles. The summed E-state index contributed by atoms with van der Waals surface area (Å²) in [5.41, 5.74) is -0.104. The standard InChI is InChI=1S/C14H24O2/c1-14(2,3)12(13(15)16)8-11-7-9-4-5-10(11)6-9/h9-12H,4-8H2,1-3H3,(H,15,16). The van der Waals surface area contributed by atoms with Gasteiger partial charge in [0.15, 0.2) is 0 Å². The van der Waals surface area contributed by atoms with Crippen molar-refractivity contribution in [3.63, 3.8) is 0 Å². The van der Waals surface area contributed by atoms with E-state index in [0.29, 0.717) is 5.92 Å². The molecule has 4 atom stereocenters. The van der Waals surface area contributed by atoms with Gasteiger partial charge in [-0.3, -0.25) is 4.79 Å². The Hall–Kier alpha value is -0.530. The zero-order valence-electron chi connectivity index (χ0n) is 10.7. The Kier molecular flexibility index (Phi) is 3.02. The van der Waals surface area contributed by atoms with Crippen molar-refractivity contribution in [2.75, 3.05) is 0 Å². The van der Waals surface area contributed by atoms with Crippen LogP contribution >= 0.6 is 0 Å². The fourth-order valence-corrected chi connectivity index (χ4v) is 3.79. The van der Waals surface area contributed by atoms with Gasteiger partial charge in [-0.25, -0.2) is 0 Å². The molecule has 0 heterocycles. The molecule has 0 aliphatic heterocycles. The second-order valence-electron chi connectivity index (χ2n) is 6.93. The SMILES string of the molecule is CC(C)(C)C(CC1CC2CCC1C2)C(=O)O. The van der Waals surface area contributed by atoms with E-state index in [1.807, 2.05) is 0 Å². The van der Waals surface area contributed by atoms with Crippen LogP contribution in [-0.4, -0.2) is 11.1 Å². The maximum atomic E-state index is 11.3. The van der Waals surface area contributed by atoms with E-state index in [-0.39, 0.29) is 11.3 Å². The highest BCUT2D eigenvalue weighted by Crippen LogP contribution is 2.51. The maximum absolute atomic E-state index is 11.3. The molecule has 2 aliphatic rings. The van der Waals surface area contributed by atoms with Crippen molar-refractivity contribution < 1.29 is 9.90 Å². The molecule has 0 aromatic carbocycles. The minimum atomic E-state index is -0.602. The molecule has 2 fully saturated rings. The molecule has 92 valence electrons. The largest absolute Gasteiger partial charge is 0.481 e. The van der Waals surface area contributed by atoms with Crippen molar-refractivity contribution in [1.29, 1.82) is 0 Å². The van der Waals surface area contributed by atoms with E-state index in [4.69, 9.17) is 0 Å². The number of hydrogen-bond acceptors (Lipinski definition) is 1. The molecule has 0 saturated heterocycles. The van der Waals surface area contributed by atoms with Gasteiger partial charge >= 0.3 is 5.97 Å². The lowest BCUT2D eigenvalue weighted by Crippen LogP contribution is -2.31. The average molecular weight is 224 g/mol. The molecule has 16 heavy (non-hydrogen) atoms. The normalized spacial score (nSPS) is 35.3. The quantitative estimate of drug-likeness (QED) is 0.796. The van der Waals surface area contributed by atoms with Crippen molar-refractivity contribution in [2.24, 2.45) is 29.1 Å². The summed E-state index contributed by atoms with van der Waals surface area (Å²) >= 11 is 0. The highest BCUT2D eigenvalue weighted by atomic mass is 16.4. The van der Waals surface area contributed by atoms with Gasteiger partial charge < -0.3 is 5.11 Å². The monoisotopic (exact) mass is 224 g/mol. The Morgan fingerprint density at radius 3 is 2.38 bits per heavy atom. The molecule has 2 nitrogen and oxygen atoms in total. The second kappa shape index (κ2) is 4.05. The first-order valence-electron chi connectivity index (χ1n) is 6.60. The molecule has 2 aliphatic carbocycles. The predicted molar refractivity (Wildman–Crippen MR) is 64.1 cm³/mol. The Morgan fingerprint density at radius 2 is 2.00 bits per heavy atom. The molecule has 2 rings (SSSR count). The lowest BCUT2D eigenvalue weighted by molar-refractivity contribution is -0.146. The summed E-state index contributed by atoms with van der Waals surface area (Å²) in [6.45, 7) is 6.16. The summed E-state index contributed by atoms with van der Waals surface area (Å²) in [4.78, 5) is 11.3. The molecular formula is C14H24O2. The van der Waals surface area contributed by atoms with Crippen LogP contribution in [0.2, 0.25) is 0 Å². The lowest BCUT2D eigenvalue weighted by Gasteiger charge is -2.32. The maximum Gasteiger partial charge on any atom is 0.307 e. The molecule has 2 heteroatoms. The third kappa shape index (κ3) is 2.26. The Balaban J connectivity index is 1.99. The van der Waals surface area contributed by atoms with Crippen molar-refractivity contribution in [3.05, 3.63) is 0 Å². The topological polar surface area (TPSA) is 37.3 Å². The Labute approximate surface area is 98.4 Å². The van der Waals surface area contributed by atoms with Gasteiger partial charge in [-0.2, -0.15) is 0 Å². The fraction of sp³-hybridized carbons (Fsp3) is 0.929. The first-order valence-corrected chi connectivity index (χ1v) is 6.60. The van der Waals surface area contributed by atoms with Crippen LogP contribution in [0.15, 0.2) is 0 Å². The molecule has 0 spiro atoms. The zero-order valence-corrected chi connectivity index (χ0v) is 10.7. The molecule has 0 aromatic heterocycles. The highest BCUT2D eigenvalue weighted by molar-refractivity contribution is 5.70. The van der Waals surface area contributed by atoms with Crippen molar-refractivity contribution in [3.8, 4) is 0 Å². The minimum Gasteiger partial charge on any atom is -0.481 e. The van der Waals surface area contributed by atoms with Gasteiger partial charge in [0, 0.05) is 0 Å². The summed E-state index contributed by atoms with van der Waals surface area (Å²) in [5, 5.41) is 9.34. The summed E-state index contributed by atoms with van der Waals surface area (Å²) < 4.78 is 0. The number of carbonyl (C=O) groups is 1. The van der Waals surface area contributed by atoms with Crippen molar-refractivity contribution in [1.82, 2.24) is 0 Å². The average Bonchev–Trinajstić information content (AvgIpc) is 2.72. The van der Waals surface area contributed by atoms with E-state index in [9.17, 15) is 9.90 Å². The first kappa shape index (κ1) is 11.9. The molecule has 2 bridgehead atoms. The second-order valence-corrected chi connectivity index (χ2v) is 6.93. The van der Waals surface area contributed by atoms with Gasteiger partial charge in [-0.1, -0.05) is 27.2 Å². The third-order valence-electron chi connectivity index (χ3n) is 4.77. The smallest absolute Gasteiger partial charge is 0.307 e. The van der Waals surface area contributed by atoms with Crippen LogP contribution in [0.5, 0.6) is 0 Å². The van der Waals surface area contributed by atoms with Gasteiger partial charge in [0.1, 0.15) is 0 Å². The van der Waals surface area contributed by atoms with Crippen LogP contribution < -0.4 is 0 Å². The van der Waals surface area contributed by atoms with Gasteiger partial charge in [0.25, 0.3) is 0 Å². The fourth-order valence-electron chi connectivity index (χ4n) is 3.79. The van der Waals surface area contributed by atoms with Gasteiger partial charge in [-0.15, -0.1) is 0 Å². The molecular weight excluding hydrogens is 200 g/mol. The zero-order chi connectivity index (χ0) is 11.9. The number of aliphatic carboxylic acids is 1. The first-order chi connectivity index (χ1) is 7.38. The predicted octanol–water partition coefficient (Wildman–Crippen LogP) is 3.56. The molecule has 0 radical (unpaired) electrons. The summed E-state index contributed by atoms with van der Waals surface area (Å²) in [6, 6.07) is 0. The molecule has 0 aromatic rings. The van der Waals surface area contributed by atoms with Gasteiger partial charge in [-0.05, 0) is 48.9 Å². The number of hydrogen-bond donors (Lipinski definition) is 1. The van der Waals surface area contributed by atoms with E-state index in [2.05, 4.69) is 20.8 Å². The molecule has 1 N–H and O–H groups in total. The number of rotatable bonds is 3. The van der Waals surface area contributed by atoms with Crippen molar-refractivity contribution >= 4 is 5.97 Å².